The average Bonchev–Trinajstić information content (AvgIpc) is 3.26. The van der Waals surface area contributed by atoms with Crippen molar-refractivity contribution in [3.8, 4) is 5.75 Å². The van der Waals surface area contributed by atoms with Crippen molar-refractivity contribution in [2.75, 3.05) is 5.32 Å². The fourth-order valence-electron chi connectivity index (χ4n) is 3.96. The summed E-state index contributed by atoms with van der Waals surface area (Å²) in [6.45, 7) is 1.80. The van der Waals surface area contributed by atoms with Crippen LogP contribution in [0, 0.1) is 0 Å². The minimum atomic E-state index is -0.489. The third-order valence-electron chi connectivity index (χ3n) is 5.49. The fraction of sp³-hybridized carbons (Fsp3) is 0.348. The Morgan fingerprint density at radius 2 is 1.73 bits per heavy atom. The predicted octanol–water partition coefficient (Wildman–Crippen LogP) is 3.14. The van der Waals surface area contributed by atoms with Gasteiger partial charge in [0.15, 0.2) is 0 Å². The Kier molecular flexibility index (Phi) is 5.70. The molecule has 3 aromatic rings. The van der Waals surface area contributed by atoms with Crippen LogP contribution in [-0.4, -0.2) is 21.1 Å². The zero-order valence-corrected chi connectivity index (χ0v) is 17.0. The van der Waals surface area contributed by atoms with Gasteiger partial charge in [0.2, 0.25) is 5.91 Å². The molecule has 1 N–H and O–H groups in total. The molecule has 0 unspecified atom stereocenters. The van der Waals surface area contributed by atoms with Crippen molar-refractivity contribution in [2.24, 2.45) is 0 Å². The van der Waals surface area contributed by atoms with Gasteiger partial charge in [-0.2, -0.15) is 0 Å². The highest BCUT2D eigenvalue weighted by Crippen LogP contribution is 2.25. The number of nitrogens with one attached hydrogen (secondary N) is 1. The van der Waals surface area contributed by atoms with E-state index in [4.69, 9.17) is 4.74 Å². The Labute approximate surface area is 173 Å². The van der Waals surface area contributed by atoms with Crippen molar-refractivity contribution in [2.45, 2.75) is 51.8 Å². The first-order valence-corrected chi connectivity index (χ1v) is 10.4. The number of rotatable bonds is 6. The van der Waals surface area contributed by atoms with Gasteiger partial charge in [-0.05, 0) is 69.0 Å². The van der Waals surface area contributed by atoms with Gasteiger partial charge >= 0.3 is 5.69 Å². The Bertz CT molecular complexity index is 1170. The Morgan fingerprint density at radius 3 is 2.43 bits per heavy atom. The van der Waals surface area contributed by atoms with Gasteiger partial charge in [-0.15, -0.1) is 0 Å². The summed E-state index contributed by atoms with van der Waals surface area (Å²) in [5.41, 5.74) is 0.247. The maximum absolute atomic E-state index is 12.8. The highest BCUT2D eigenvalue weighted by molar-refractivity contribution is 5.91. The fourth-order valence-corrected chi connectivity index (χ4v) is 3.96. The van der Waals surface area contributed by atoms with E-state index in [2.05, 4.69) is 5.32 Å². The summed E-state index contributed by atoms with van der Waals surface area (Å²) in [5.74, 6) is 0.449. The highest BCUT2D eigenvalue weighted by atomic mass is 16.5. The van der Waals surface area contributed by atoms with Gasteiger partial charge in [0.25, 0.3) is 5.56 Å². The standard InChI is InChI=1S/C23H25N3O4/c1-2-25-22(28)19-9-5-6-10-20(19)26(23(25)29)15-21(27)24-16-11-13-18(14-12-16)30-17-7-3-4-8-17/h5-6,9-14,17H,2-4,7-8,15H2,1H3,(H,24,27). The van der Waals surface area contributed by atoms with Crippen LogP contribution in [0.2, 0.25) is 0 Å². The molecular formula is C23H25N3O4. The van der Waals surface area contributed by atoms with Crippen molar-refractivity contribution >= 4 is 22.5 Å². The second kappa shape index (κ2) is 8.57. The molecule has 7 nitrogen and oxygen atoms in total. The molecule has 0 atom stereocenters. The number of para-hydroxylation sites is 1. The lowest BCUT2D eigenvalue weighted by Gasteiger charge is -2.14. The molecule has 0 saturated heterocycles. The number of ether oxygens (including phenoxy) is 1. The topological polar surface area (TPSA) is 82.3 Å². The normalized spacial score (nSPS) is 14.2. The molecule has 2 aromatic carbocycles. The summed E-state index contributed by atoms with van der Waals surface area (Å²) < 4.78 is 8.43. The number of amides is 1. The molecule has 1 saturated carbocycles. The molecule has 1 aromatic heterocycles. The number of carbonyl (C=O) groups excluding carboxylic acids is 1. The number of fused-ring (bicyclic) bond motifs is 1. The molecule has 1 aliphatic rings. The molecule has 156 valence electrons. The minimum absolute atomic E-state index is 0.181. The van der Waals surface area contributed by atoms with Crippen LogP contribution in [0.5, 0.6) is 5.75 Å². The first-order chi connectivity index (χ1) is 14.6. The van der Waals surface area contributed by atoms with Gasteiger partial charge in [0.1, 0.15) is 12.3 Å². The SMILES string of the molecule is CCn1c(=O)c2ccccc2n(CC(=O)Nc2ccc(OC3CCCC3)cc2)c1=O. The molecule has 1 amide bonds. The number of anilines is 1. The van der Waals surface area contributed by atoms with E-state index in [-0.39, 0.29) is 30.7 Å². The predicted molar refractivity (Wildman–Crippen MR) is 116 cm³/mol. The van der Waals surface area contributed by atoms with E-state index in [1.165, 1.54) is 17.4 Å². The third kappa shape index (κ3) is 4.01. The number of aromatic nitrogens is 2. The number of nitrogens with zero attached hydrogens (tertiary/aromatic N) is 2. The second-order valence-electron chi connectivity index (χ2n) is 7.53. The van der Waals surface area contributed by atoms with Crippen molar-refractivity contribution in [3.05, 3.63) is 69.4 Å². The van der Waals surface area contributed by atoms with Gasteiger partial charge < -0.3 is 10.1 Å². The van der Waals surface area contributed by atoms with Crippen molar-refractivity contribution in [1.82, 2.24) is 9.13 Å². The summed E-state index contributed by atoms with van der Waals surface area (Å²) in [6.07, 6.45) is 4.86. The first-order valence-electron chi connectivity index (χ1n) is 10.4. The van der Waals surface area contributed by atoms with Gasteiger partial charge in [-0.1, -0.05) is 12.1 Å². The van der Waals surface area contributed by atoms with Gasteiger partial charge in [-0.25, -0.2) is 4.79 Å². The number of hydrogen-bond donors (Lipinski definition) is 1. The maximum atomic E-state index is 12.8. The van der Waals surface area contributed by atoms with Gasteiger partial charge in [0.05, 0.1) is 17.0 Å². The van der Waals surface area contributed by atoms with E-state index in [1.807, 2.05) is 12.1 Å². The quantitative estimate of drug-likeness (QED) is 0.681. The van der Waals surface area contributed by atoms with E-state index >= 15 is 0 Å². The van der Waals surface area contributed by atoms with Crippen molar-refractivity contribution in [1.29, 1.82) is 0 Å². The Hall–Kier alpha value is -3.35. The van der Waals surface area contributed by atoms with Crippen LogP contribution in [0.25, 0.3) is 10.9 Å². The summed E-state index contributed by atoms with van der Waals surface area (Å²) in [5, 5.41) is 3.23. The molecule has 1 fully saturated rings. The maximum Gasteiger partial charge on any atom is 0.331 e. The molecule has 4 rings (SSSR count). The van der Waals surface area contributed by atoms with E-state index < -0.39 is 5.69 Å². The van der Waals surface area contributed by atoms with Crippen LogP contribution in [0.15, 0.2) is 58.1 Å². The zero-order chi connectivity index (χ0) is 21.1. The molecular weight excluding hydrogens is 382 g/mol. The van der Waals surface area contributed by atoms with E-state index in [9.17, 15) is 14.4 Å². The monoisotopic (exact) mass is 407 g/mol. The second-order valence-corrected chi connectivity index (χ2v) is 7.53. The molecule has 0 aliphatic heterocycles. The largest absolute Gasteiger partial charge is 0.490 e. The first kappa shape index (κ1) is 19.9. The van der Waals surface area contributed by atoms with Crippen LogP contribution in [0.1, 0.15) is 32.6 Å². The smallest absolute Gasteiger partial charge is 0.331 e. The molecule has 1 heterocycles. The molecule has 7 heteroatoms. The number of benzene rings is 2. The molecule has 1 aliphatic carbocycles. The highest BCUT2D eigenvalue weighted by Gasteiger charge is 2.17. The molecule has 0 radical (unpaired) electrons. The zero-order valence-electron chi connectivity index (χ0n) is 17.0. The van der Waals surface area contributed by atoms with Crippen LogP contribution < -0.4 is 21.3 Å². The minimum Gasteiger partial charge on any atom is -0.490 e. The molecule has 0 bridgehead atoms. The van der Waals surface area contributed by atoms with Crippen molar-refractivity contribution in [3.63, 3.8) is 0 Å². The summed E-state index contributed by atoms with van der Waals surface area (Å²) in [4.78, 5) is 37.9. The van der Waals surface area contributed by atoms with Gasteiger partial charge in [0, 0.05) is 12.2 Å². The molecule has 0 spiro atoms. The van der Waals surface area contributed by atoms with Crippen LogP contribution in [0.4, 0.5) is 5.69 Å². The van der Waals surface area contributed by atoms with Gasteiger partial charge in [-0.3, -0.25) is 18.7 Å². The number of carbonyl (C=O) groups is 1. The third-order valence-corrected chi connectivity index (χ3v) is 5.49. The molecule has 30 heavy (non-hydrogen) atoms. The lowest BCUT2D eigenvalue weighted by molar-refractivity contribution is -0.116. The average molecular weight is 407 g/mol. The lowest BCUT2D eigenvalue weighted by Crippen LogP contribution is -2.41. The van der Waals surface area contributed by atoms with Crippen LogP contribution in [-0.2, 0) is 17.9 Å². The van der Waals surface area contributed by atoms with Crippen molar-refractivity contribution < 1.29 is 9.53 Å². The number of hydrogen-bond acceptors (Lipinski definition) is 4. The van der Waals surface area contributed by atoms with E-state index in [1.54, 1.807) is 43.3 Å². The van der Waals surface area contributed by atoms with E-state index in [0.717, 1.165) is 23.2 Å². The van der Waals surface area contributed by atoms with E-state index in [0.29, 0.717) is 16.6 Å². The lowest BCUT2D eigenvalue weighted by atomic mass is 10.2. The summed E-state index contributed by atoms with van der Waals surface area (Å²) in [7, 11) is 0. The van der Waals surface area contributed by atoms with Crippen LogP contribution in [0.3, 0.4) is 0 Å². The summed E-state index contributed by atoms with van der Waals surface area (Å²) >= 11 is 0. The Morgan fingerprint density at radius 1 is 1.03 bits per heavy atom. The summed E-state index contributed by atoms with van der Waals surface area (Å²) in [6, 6.07) is 14.1. The van der Waals surface area contributed by atoms with Crippen LogP contribution >= 0.6 is 0 Å². The Balaban J connectivity index is 1.52.